The lowest BCUT2D eigenvalue weighted by Gasteiger charge is -2.32. The first-order valence-corrected chi connectivity index (χ1v) is 10.7. The van der Waals surface area contributed by atoms with Crippen molar-refractivity contribution in [3.05, 3.63) is 99.9 Å². The van der Waals surface area contributed by atoms with Crippen molar-refractivity contribution in [3.8, 4) is 16.9 Å². The van der Waals surface area contributed by atoms with Gasteiger partial charge in [0, 0.05) is 35.7 Å². The van der Waals surface area contributed by atoms with Crippen molar-refractivity contribution < 1.29 is 9.15 Å². The summed E-state index contributed by atoms with van der Waals surface area (Å²) in [5.74, 6) is 1.25. The number of aryl methyl sites for hydroxylation is 1. The van der Waals surface area contributed by atoms with E-state index in [4.69, 9.17) is 9.15 Å². The lowest BCUT2D eigenvalue weighted by molar-refractivity contribution is 0.0900. The minimum atomic E-state index is -0.344. The molecule has 31 heavy (non-hydrogen) atoms. The van der Waals surface area contributed by atoms with Gasteiger partial charge < -0.3 is 9.15 Å². The Labute approximate surface area is 181 Å². The van der Waals surface area contributed by atoms with E-state index in [0.717, 1.165) is 46.5 Å². The number of nitrogens with zero attached hydrogens (tertiary/aromatic N) is 1. The van der Waals surface area contributed by atoms with Crippen LogP contribution in [0.5, 0.6) is 5.75 Å². The predicted molar refractivity (Wildman–Crippen MR) is 123 cm³/mol. The molecule has 1 atom stereocenters. The monoisotopic (exact) mass is 411 g/mol. The van der Waals surface area contributed by atoms with Gasteiger partial charge in [0.25, 0.3) is 0 Å². The van der Waals surface area contributed by atoms with Gasteiger partial charge in [0.1, 0.15) is 18.1 Å². The summed E-state index contributed by atoms with van der Waals surface area (Å²) in [6, 6.07) is 24.3. The fourth-order valence-corrected chi connectivity index (χ4v) is 4.52. The normalized spacial score (nSPS) is 14.8. The first-order chi connectivity index (χ1) is 15.1. The maximum Gasteiger partial charge on any atom is 0.336 e. The molecule has 0 spiro atoms. The quantitative estimate of drug-likeness (QED) is 0.403. The molecule has 0 saturated heterocycles. The highest BCUT2D eigenvalue weighted by atomic mass is 16.5. The van der Waals surface area contributed by atoms with Crippen molar-refractivity contribution >= 4 is 11.0 Å². The van der Waals surface area contributed by atoms with Crippen molar-refractivity contribution in [1.82, 2.24) is 4.90 Å². The molecule has 2 heterocycles. The molecule has 0 radical (unpaired) electrons. The molecule has 4 nitrogen and oxygen atoms in total. The topological polar surface area (TPSA) is 42.7 Å². The number of benzene rings is 3. The lowest BCUT2D eigenvalue weighted by Crippen LogP contribution is -2.35. The van der Waals surface area contributed by atoms with Gasteiger partial charge in [0.05, 0.1) is 0 Å². The average molecular weight is 412 g/mol. The van der Waals surface area contributed by atoms with Crippen LogP contribution in [0.1, 0.15) is 29.5 Å². The Hall–Kier alpha value is -3.37. The highest BCUT2D eigenvalue weighted by Gasteiger charge is 2.24. The number of hydrogen-bond acceptors (Lipinski definition) is 4. The van der Waals surface area contributed by atoms with Gasteiger partial charge in [-0.3, -0.25) is 4.90 Å². The minimum Gasteiger partial charge on any atom is -0.477 e. The van der Waals surface area contributed by atoms with Crippen LogP contribution in [0.2, 0.25) is 0 Å². The summed E-state index contributed by atoms with van der Waals surface area (Å²) in [5.41, 5.74) is 5.51. The fraction of sp³-hybridized carbons (Fsp3) is 0.222. The van der Waals surface area contributed by atoms with Gasteiger partial charge in [0.15, 0.2) is 0 Å². The third kappa shape index (κ3) is 3.75. The van der Waals surface area contributed by atoms with Crippen LogP contribution < -0.4 is 10.4 Å². The smallest absolute Gasteiger partial charge is 0.336 e. The van der Waals surface area contributed by atoms with E-state index in [9.17, 15) is 4.79 Å². The summed E-state index contributed by atoms with van der Waals surface area (Å²) < 4.78 is 11.8. The van der Waals surface area contributed by atoms with Crippen LogP contribution in [0, 0.1) is 6.92 Å². The van der Waals surface area contributed by atoms with E-state index in [-0.39, 0.29) is 5.63 Å². The van der Waals surface area contributed by atoms with Crippen LogP contribution in [0.3, 0.4) is 0 Å². The van der Waals surface area contributed by atoms with Crippen LogP contribution in [0.15, 0.2) is 82.0 Å². The molecule has 1 unspecified atom stereocenters. The van der Waals surface area contributed by atoms with Crippen LogP contribution in [-0.4, -0.2) is 18.2 Å². The summed E-state index contributed by atoms with van der Waals surface area (Å²) in [6.07, 6.45) is 0. The van der Waals surface area contributed by atoms with E-state index in [2.05, 4.69) is 42.2 Å². The SMILES string of the molecule is Cc1c2c(cc3c(-c4ccccc4)cc(=O)oc13)CN(CC(C)c1ccccc1)CO2. The van der Waals surface area contributed by atoms with Gasteiger partial charge in [0.2, 0.25) is 0 Å². The zero-order chi connectivity index (χ0) is 21.4. The molecule has 0 saturated carbocycles. The second-order valence-corrected chi connectivity index (χ2v) is 8.31. The predicted octanol–water partition coefficient (Wildman–Crippen LogP) is 5.72. The molecule has 1 aliphatic heterocycles. The first-order valence-electron chi connectivity index (χ1n) is 10.7. The molecule has 0 aliphatic carbocycles. The van der Waals surface area contributed by atoms with Gasteiger partial charge in [-0.2, -0.15) is 0 Å². The van der Waals surface area contributed by atoms with E-state index in [1.54, 1.807) is 6.07 Å². The van der Waals surface area contributed by atoms with Gasteiger partial charge >= 0.3 is 5.63 Å². The molecular weight excluding hydrogens is 386 g/mol. The molecular formula is C27H25NO3. The summed E-state index contributed by atoms with van der Waals surface area (Å²) >= 11 is 0. The van der Waals surface area contributed by atoms with Crippen molar-refractivity contribution in [2.24, 2.45) is 0 Å². The Bertz CT molecular complexity index is 1280. The van der Waals surface area contributed by atoms with Crippen molar-refractivity contribution in [1.29, 1.82) is 0 Å². The highest BCUT2D eigenvalue weighted by Crippen LogP contribution is 2.38. The third-order valence-corrected chi connectivity index (χ3v) is 6.06. The van der Waals surface area contributed by atoms with Crippen molar-refractivity contribution in [2.45, 2.75) is 26.3 Å². The molecule has 5 rings (SSSR count). The molecule has 0 amide bonds. The molecule has 0 fully saturated rings. The molecule has 0 N–H and O–H groups in total. The number of fused-ring (bicyclic) bond motifs is 2. The van der Waals surface area contributed by atoms with Crippen LogP contribution in [-0.2, 0) is 6.54 Å². The molecule has 156 valence electrons. The fourth-order valence-electron chi connectivity index (χ4n) is 4.52. The standard InChI is InChI=1S/C27H25NO3/c1-18(20-9-5-3-6-10-20)15-28-16-22-13-24-23(21-11-7-4-8-12-21)14-25(29)31-27(24)19(2)26(22)30-17-28/h3-14,18H,15-17H2,1-2H3. The van der Waals surface area contributed by atoms with E-state index in [1.165, 1.54) is 5.56 Å². The Balaban J connectivity index is 1.53. The molecule has 1 aromatic heterocycles. The van der Waals surface area contributed by atoms with Crippen molar-refractivity contribution in [3.63, 3.8) is 0 Å². The molecule has 3 aromatic carbocycles. The maximum absolute atomic E-state index is 12.3. The largest absolute Gasteiger partial charge is 0.477 e. The average Bonchev–Trinajstić information content (AvgIpc) is 2.80. The first kappa shape index (κ1) is 19.6. The van der Waals surface area contributed by atoms with E-state index < -0.39 is 0 Å². The minimum absolute atomic E-state index is 0.344. The zero-order valence-electron chi connectivity index (χ0n) is 17.8. The second-order valence-electron chi connectivity index (χ2n) is 8.31. The van der Waals surface area contributed by atoms with Crippen LogP contribution in [0.25, 0.3) is 22.1 Å². The summed E-state index contributed by atoms with van der Waals surface area (Å²) in [5, 5.41) is 0.948. The Morgan fingerprint density at radius 1 is 1.00 bits per heavy atom. The third-order valence-electron chi connectivity index (χ3n) is 6.06. The van der Waals surface area contributed by atoms with Gasteiger partial charge in [-0.1, -0.05) is 67.6 Å². The lowest BCUT2D eigenvalue weighted by atomic mass is 9.96. The van der Waals surface area contributed by atoms with Gasteiger partial charge in [-0.25, -0.2) is 4.79 Å². The summed E-state index contributed by atoms with van der Waals surface area (Å²) in [7, 11) is 0. The van der Waals surface area contributed by atoms with Crippen LogP contribution >= 0.6 is 0 Å². The molecule has 4 aromatic rings. The number of rotatable bonds is 4. The number of hydrogen-bond donors (Lipinski definition) is 0. The Kier molecular flexibility index (Phi) is 5.08. The van der Waals surface area contributed by atoms with Crippen LogP contribution in [0.4, 0.5) is 0 Å². The van der Waals surface area contributed by atoms with E-state index in [0.29, 0.717) is 18.2 Å². The zero-order valence-corrected chi connectivity index (χ0v) is 17.8. The molecule has 0 bridgehead atoms. The maximum atomic E-state index is 12.3. The molecule has 4 heteroatoms. The Morgan fingerprint density at radius 2 is 1.71 bits per heavy atom. The van der Waals surface area contributed by atoms with Crippen molar-refractivity contribution in [2.75, 3.05) is 13.3 Å². The van der Waals surface area contributed by atoms with Gasteiger partial charge in [-0.05, 0) is 35.6 Å². The second kappa shape index (κ2) is 8.05. The summed E-state index contributed by atoms with van der Waals surface area (Å²) in [6.45, 7) is 6.46. The highest BCUT2D eigenvalue weighted by molar-refractivity contribution is 5.96. The Morgan fingerprint density at radius 3 is 2.45 bits per heavy atom. The molecule has 1 aliphatic rings. The van der Waals surface area contributed by atoms with Gasteiger partial charge in [-0.15, -0.1) is 0 Å². The van der Waals surface area contributed by atoms with E-state index >= 15 is 0 Å². The van der Waals surface area contributed by atoms with E-state index in [1.807, 2.05) is 43.3 Å². The summed E-state index contributed by atoms with van der Waals surface area (Å²) in [4.78, 5) is 14.6. The number of ether oxygens (including phenoxy) is 1.